The van der Waals surface area contributed by atoms with E-state index in [1.54, 1.807) is 13.2 Å². The maximum atomic E-state index is 11.7. The van der Waals surface area contributed by atoms with Gasteiger partial charge in [-0.3, -0.25) is 9.69 Å². The number of aromatic nitrogens is 1. The maximum Gasteiger partial charge on any atom is 0.309 e. The highest BCUT2D eigenvalue weighted by atomic mass is 16.5. The van der Waals surface area contributed by atoms with Crippen molar-refractivity contribution in [2.45, 2.75) is 64.7 Å². The highest BCUT2D eigenvalue weighted by Gasteiger charge is 2.35. The summed E-state index contributed by atoms with van der Waals surface area (Å²) in [5.41, 5.74) is 7.72. The van der Waals surface area contributed by atoms with Crippen molar-refractivity contribution in [3.63, 3.8) is 0 Å². The Hall–Kier alpha value is -3.46. The van der Waals surface area contributed by atoms with E-state index in [1.165, 1.54) is 22.3 Å². The molecule has 2 saturated heterocycles. The molecule has 2 atom stereocenters. The molecule has 8 heteroatoms. The monoisotopic (exact) mass is 601 g/mol. The predicted octanol–water partition coefficient (Wildman–Crippen LogP) is 5.59. The van der Waals surface area contributed by atoms with E-state index in [4.69, 9.17) is 19.2 Å². The smallest absolute Gasteiger partial charge is 0.309 e. The van der Waals surface area contributed by atoms with Crippen LogP contribution in [0.2, 0.25) is 0 Å². The second-order valence-electron chi connectivity index (χ2n) is 12.2. The Morgan fingerprint density at radius 1 is 1.14 bits per heavy atom. The molecule has 2 aromatic rings. The molecule has 2 fully saturated rings. The Bertz CT molecular complexity index is 1400. The van der Waals surface area contributed by atoms with Gasteiger partial charge in [0.2, 0.25) is 0 Å². The van der Waals surface area contributed by atoms with Crippen LogP contribution < -0.4 is 4.90 Å². The topological polar surface area (TPSA) is 84.4 Å². The number of nitrogens with zero attached hydrogens (tertiary/aromatic N) is 3. The van der Waals surface area contributed by atoms with Gasteiger partial charge in [0.25, 0.3) is 0 Å². The zero-order chi connectivity index (χ0) is 31.2. The molecular weight excluding hydrogens is 554 g/mol. The summed E-state index contributed by atoms with van der Waals surface area (Å²) in [4.78, 5) is 21.4. The third-order valence-electron chi connectivity index (χ3n) is 9.55. The molecule has 5 rings (SSSR count). The zero-order valence-corrected chi connectivity index (χ0v) is 26.5. The van der Waals surface area contributed by atoms with Crippen LogP contribution in [0.3, 0.4) is 0 Å². The van der Waals surface area contributed by atoms with Gasteiger partial charge in [-0.25, -0.2) is 4.98 Å². The fraction of sp³-hybridized carbons (Fsp3) is 0.500. The molecule has 3 aliphatic heterocycles. The number of carbonyl (C=O) groups is 1. The van der Waals surface area contributed by atoms with Gasteiger partial charge < -0.3 is 24.2 Å². The maximum absolute atomic E-state index is 11.7. The average Bonchev–Trinajstić information content (AvgIpc) is 3.27. The van der Waals surface area contributed by atoms with Gasteiger partial charge in [-0.2, -0.15) is 0 Å². The number of rotatable bonds is 10. The lowest BCUT2D eigenvalue weighted by Gasteiger charge is -2.36. The van der Waals surface area contributed by atoms with Gasteiger partial charge in [0, 0.05) is 58.1 Å². The fourth-order valence-electron chi connectivity index (χ4n) is 6.94. The molecule has 0 radical (unpaired) electrons. The van der Waals surface area contributed by atoms with E-state index >= 15 is 0 Å². The number of hydrogen-bond acceptors (Lipinski definition) is 7. The number of pyridine rings is 1. The van der Waals surface area contributed by atoms with Crippen LogP contribution in [0.25, 0.3) is 5.57 Å². The molecule has 44 heavy (non-hydrogen) atoms. The predicted molar refractivity (Wildman–Crippen MR) is 174 cm³/mol. The molecule has 0 spiro atoms. The zero-order valence-electron chi connectivity index (χ0n) is 26.5. The first-order chi connectivity index (χ1) is 21.3. The average molecular weight is 602 g/mol. The van der Waals surface area contributed by atoms with Crippen molar-refractivity contribution in [1.82, 2.24) is 9.88 Å². The van der Waals surface area contributed by atoms with E-state index in [-0.39, 0.29) is 0 Å². The summed E-state index contributed by atoms with van der Waals surface area (Å²) >= 11 is 0. The molecule has 1 aromatic carbocycles. The number of fused-ring (bicyclic) bond motifs is 1. The van der Waals surface area contributed by atoms with Crippen LogP contribution in [0, 0.1) is 12.8 Å². The van der Waals surface area contributed by atoms with Gasteiger partial charge in [0.1, 0.15) is 18.2 Å². The van der Waals surface area contributed by atoms with Gasteiger partial charge in [-0.05, 0) is 85.9 Å². The SMILES string of the molecule is C=C/C(=C(/OCc1ccc2c(c1C)CCN(C1CCOCC1)CC2)C(=C)C)c1cccc(N2CC[C@H](C(=O)O)C(OC)C2)n1. The quantitative estimate of drug-likeness (QED) is 0.279. The molecule has 0 aliphatic carbocycles. The molecular formula is C36H47N3O5. The summed E-state index contributed by atoms with van der Waals surface area (Å²) in [6.07, 6.45) is 6.27. The van der Waals surface area contributed by atoms with Crippen LogP contribution >= 0.6 is 0 Å². The van der Waals surface area contributed by atoms with Crippen LogP contribution in [0.5, 0.6) is 0 Å². The van der Waals surface area contributed by atoms with Crippen LogP contribution in [-0.2, 0) is 38.5 Å². The first-order valence-corrected chi connectivity index (χ1v) is 15.9. The summed E-state index contributed by atoms with van der Waals surface area (Å²) in [5, 5.41) is 9.58. The van der Waals surface area contributed by atoms with Crippen molar-refractivity contribution in [1.29, 1.82) is 0 Å². The standard InChI is InChI=1S/C36H47N3O5/c1-6-29(32-8-7-9-34(37-32)39-19-14-31(36(40)41)33(22-39)42-5)35(24(2)3)44-23-27-11-10-26-12-17-38(18-13-30(26)25(27)4)28-15-20-43-21-16-28/h6-11,28,31,33H,1-2,12-23H2,3-5H3,(H,40,41)/b35-29-/t31-,33?/m0/s1. The third-order valence-corrected chi connectivity index (χ3v) is 9.55. The van der Waals surface area contributed by atoms with Gasteiger partial charge in [0.15, 0.2) is 0 Å². The third kappa shape index (κ3) is 7.09. The number of methoxy groups -OCH3 is 1. The van der Waals surface area contributed by atoms with Gasteiger partial charge in [0.05, 0.1) is 17.7 Å². The lowest BCUT2D eigenvalue weighted by Crippen LogP contribution is -2.47. The summed E-state index contributed by atoms with van der Waals surface area (Å²) in [6.45, 7) is 17.9. The number of ether oxygens (including phenoxy) is 3. The molecule has 0 amide bonds. The molecule has 8 nitrogen and oxygen atoms in total. The summed E-state index contributed by atoms with van der Waals surface area (Å²) in [6, 6.07) is 11.0. The highest BCUT2D eigenvalue weighted by molar-refractivity contribution is 5.76. The minimum absolute atomic E-state index is 0.399. The Kier molecular flexibility index (Phi) is 10.6. The Morgan fingerprint density at radius 2 is 1.91 bits per heavy atom. The number of hydrogen-bond donors (Lipinski definition) is 1. The second-order valence-corrected chi connectivity index (χ2v) is 12.2. The van der Waals surface area contributed by atoms with Crippen LogP contribution in [0.1, 0.15) is 54.1 Å². The number of anilines is 1. The van der Waals surface area contributed by atoms with Crippen molar-refractivity contribution in [3.05, 3.63) is 88.8 Å². The van der Waals surface area contributed by atoms with E-state index < -0.39 is 18.0 Å². The summed E-state index contributed by atoms with van der Waals surface area (Å²) < 4.78 is 17.7. The number of benzene rings is 1. The minimum atomic E-state index is -0.819. The number of piperidine rings is 1. The molecule has 0 bridgehead atoms. The molecule has 1 N–H and O–H groups in total. The first-order valence-electron chi connectivity index (χ1n) is 15.9. The molecule has 4 heterocycles. The van der Waals surface area contributed by atoms with E-state index in [0.29, 0.717) is 37.9 Å². The van der Waals surface area contributed by atoms with Crippen molar-refractivity contribution in [2.24, 2.45) is 5.92 Å². The van der Waals surface area contributed by atoms with E-state index in [9.17, 15) is 9.90 Å². The lowest BCUT2D eigenvalue weighted by molar-refractivity contribution is -0.147. The van der Waals surface area contributed by atoms with Crippen molar-refractivity contribution in [3.8, 4) is 0 Å². The largest absolute Gasteiger partial charge is 0.488 e. The number of carboxylic acid groups (broad SMARTS) is 1. The second kappa shape index (κ2) is 14.5. The van der Waals surface area contributed by atoms with E-state index in [0.717, 1.165) is 74.6 Å². The van der Waals surface area contributed by atoms with E-state index in [1.807, 2.05) is 25.1 Å². The van der Waals surface area contributed by atoms with Crippen molar-refractivity contribution in [2.75, 3.05) is 51.4 Å². The Balaban J connectivity index is 1.33. The molecule has 3 aliphatic rings. The number of allylic oxidation sites excluding steroid dienone is 3. The molecule has 1 unspecified atom stereocenters. The highest BCUT2D eigenvalue weighted by Crippen LogP contribution is 2.31. The van der Waals surface area contributed by atoms with Crippen LogP contribution in [0.4, 0.5) is 5.82 Å². The van der Waals surface area contributed by atoms with E-state index in [2.05, 4.69) is 42.0 Å². The van der Waals surface area contributed by atoms with Crippen molar-refractivity contribution < 1.29 is 24.1 Å². The molecule has 0 saturated carbocycles. The van der Waals surface area contributed by atoms with Gasteiger partial charge in [-0.15, -0.1) is 0 Å². The summed E-state index contributed by atoms with van der Waals surface area (Å²) in [7, 11) is 1.57. The lowest BCUT2D eigenvalue weighted by atomic mass is 9.94. The van der Waals surface area contributed by atoms with Crippen LogP contribution in [0.15, 0.2) is 60.9 Å². The number of aliphatic carboxylic acids is 1. The Labute approximate surface area is 262 Å². The normalized spacial score (nSPS) is 22.0. The van der Waals surface area contributed by atoms with Crippen LogP contribution in [-0.4, -0.2) is 79.6 Å². The molecule has 236 valence electrons. The van der Waals surface area contributed by atoms with Crippen molar-refractivity contribution >= 4 is 17.4 Å². The molecule has 1 aromatic heterocycles. The first kappa shape index (κ1) is 31.9. The van der Waals surface area contributed by atoms with Gasteiger partial charge in [-0.1, -0.05) is 37.4 Å². The Morgan fingerprint density at radius 3 is 2.61 bits per heavy atom. The fourth-order valence-corrected chi connectivity index (χ4v) is 6.94. The van der Waals surface area contributed by atoms with Gasteiger partial charge >= 0.3 is 5.97 Å². The minimum Gasteiger partial charge on any atom is -0.488 e. The number of carboxylic acids is 1. The summed E-state index contributed by atoms with van der Waals surface area (Å²) in [5.74, 6) is 0.100.